The maximum Gasteiger partial charge on any atom is 0.259 e. The molecule has 0 saturated heterocycles. The molecule has 2 aromatic carbocycles. The molecule has 146 valence electrons. The van der Waals surface area contributed by atoms with E-state index in [-0.39, 0.29) is 5.91 Å². The normalized spacial score (nSPS) is 11.0. The molecule has 1 aromatic heterocycles. The first-order valence-corrected chi connectivity index (χ1v) is 9.55. The fourth-order valence-corrected chi connectivity index (χ4v) is 2.76. The van der Waals surface area contributed by atoms with E-state index in [0.29, 0.717) is 33.9 Å². The molecule has 3 rings (SSSR count). The van der Waals surface area contributed by atoms with Gasteiger partial charge in [0.2, 0.25) is 0 Å². The lowest BCUT2D eigenvalue weighted by Gasteiger charge is -2.09. The van der Waals surface area contributed by atoms with Crippen LogP contribution in [0.2, 0.25) is 0 Å². The molecule has 1 heterocycles. The summed E-state index contributed by atoms with van der Waals surface area (Å²) in [6.45, 7) is 0. The number of carbonyl (C=O) groups is 1. The third-order valence-electron chi connectivity index (χ3n) is 3.75. The van der Waals surface area contributed by atoms with Gasteiger partial charge in [-0.05, 0) is 60.5 Å². The quantitative estimate of drug-likeness (QED) is 0.445. The van der Waals surface area contributed by atoms with Gasteiger partial charge in [-0.2, -0.15) is 0 Å². The van der Waals surface area contributed by atoms with Crippen LogP contribution in [0.5, 0.6) is 5.75 Å². The average Bonchev–Trinajstić information content (AvgIpc) is 2.73. The number of aromatic nitrogens is 1. The van der Waals surface area contributed by atoms with E-state index in [9.17, 15) is 9.00 Å². The van der Waals surface area contributed by atoms with E-state index >= 15 is 0 Å². The van der Waals surface area contributed by atoms with Gasteiger partial charge in [0.05, 0.1) is 7.11 Å². The molecule has 0 aliphatic rings. The van der Waals surface area contributed by atoms with Gasteiger partial charge < -0.3 is 10.1 Å². The van der Waals surface area contributed by atoms with Gasteiger partial charge in [0.1, 0.15) is 11.4 Å². The number of nitrogens with one attached hydrogen (secondary N) is 2. The molecule has 0 aliphatic carbocycles. The van der Waals surface area contributed by atoms with Crippen molar-refractivity contribution in [3.8, 4) is 17.6 Å². The Hall–Kier alpha value is -3.67. The zero-order chi connectivity index (χ0) is 20.6. The first-order chi connectivity index (χ1) is 14.0. The SMILES string of the molecule is COc1cc(C#Cc2ccccn2)cc(C(=O)Nc2ccc(NS(=O)O)cc2)c1. The van der Waals surface area contributed by atoms with E-state index < -0.39 is 11.3 Å². The van der Waals surface area contributed by atoms with Crippen molar-refractivity contribution in [3.63, 3.8) is 0 Å². The molecule has 7 nitrogen and oxygen atoms in total. The smallest absolute Gasteiger partial charge is 0.259 e. The molecule has 3 N–H and O–H groups in total. The predicted molar refractivity (Wildman–Crippen MR) is 112 cm³/mol. The Morgan fingerprint density at radius 1 is 1.07 bits per heavy atom. The standard InChI is InChI=1S/C21H17N3O4S/c1-28-20-13-15(5-6-17-4-2-3-11-22-17)12-16(14-20)21(25)23-18-7-9-19(10-8-18)24-29(26)27/h2-4,7-14,24H,1H3,(H,23,25)(H,26,27). The van der Waals surface area contributed by atoms with Crippen LogP contribution in [0.1, 0.15) is 21.6 Å². The monoisotopic (exact) mass is 407 g/mol. The fraction of sp³-hybridized carbons (Fsp3) is 0.0476. The van der Waals surface area contributed by atoms with Gasteiger partial charge >= 0.3 is 0 Å². The summed E-state index contributed by atoms with van der Waals surface area (Å²) in [7, 11) is 1.52. The van der Waals surface area contributed by atoms with Crippen LogP contribution in [0.3, 0.4) is 0 Å². The number of hydrogen-bond donors (Lipinski definition) is 3. The Kier molecular flexibility index (Phi) is 6.58. The first-order valence-electron chi connectivity index (χ1n) is 8.44. The average molecular weight is 407 g/mol. The minimum absolute atomic E-state index is 0.337. The second kappa shape index (κ2) is 9.50. The highest BCUT2D eigenvalue weighted by molar-refractivity contribution is 7.80. The largest absolute Gasteiger partial charge is 0.497 e. The molecule has 1 atom stereocenters. The molecule has 0 radical (unpaired) electrons. The lowest BCUT2D eigenvalue weighted by molar-refractivity contribution is 0.102. The van der Waals surface area contributed by atoms with E-state index in [1.165, 1.54) is 7.11 Å². The lowest BCUT2D eigenvalue weighted by Crippen LogP contribution is -2.12. The number of benzene rings is 2. The highest BCUT2D eigenvalue weighted by atomic mass is 32.2. The van der Waals surface area contributed by atoms with E-state index in [1.807, 2.05) is 12.1 Å². The molecule has 8 heteroatoms. The number of pyridine rings is 1. The fourth-order valence-electron chi connectivity index (χ4n) is 2.42. The van der Waals surface area contributed by atoms with Gasteiger partial charge in [-0.1, -0.05) is 12.0 Å². The zero-order valence-electron chi connectivity index (χ0n) is 15.4. The van der Waals surface area contributed by atoms with Crippen molar-refractivity contribution in [1.29, 1.82) is 0 Å². The van der Waals surface area contributed by atoms with Gasteiger partial charge in [-0.25, -0.2) is 9.19 Å². The van der Waals surface area contributed by atoms with Crippen molar-refractivity contribution in [1.82, 2.24) is 4.98 Å². The summed E-state index contributed by atoms with van der Waals surface area (Å²) in [6, 6.07) is 16.9. The summed E-state index contributed by atoms with van der Waals surface area (Å²) < 4.78 is 27.2. The van der Waals surface area contributed by atoms with Crippen LogP contribution in [0.4, 0.5) is 11.4 Å². The number of carbonyl (C=O) groups excluding carboxylic acids is 1. The zero-order valence-corrected chi connectivity index (χ0v) is 16.2. The van der Waals surface area contributed by atoms with Crippen molar-refractivity contribution >= 4 is 28.5 Å². The van der Waals surface area contributed by atoms with Crippen LogP contribution in [0, 0.1) is 11.8 Å². The molecule has 0 bridgehead atoms. The first kappa shape index (κ1) is 20.1. The van der Waals surface area contributed by atoms with Crippen LogP contribution in [-0.2, 0) is 11.3 Å². The van der Waals surface area contributed by atoms with Crippen molar-refractivity contribution in [2.45, 2.75) is 0 Å². The number of amides is 1. The number of hydrogen-bond acceptors (Lipinski definition) is 4. The molecule has 1 amide bonds. The van der Waals surface area contributed by atoms with Crippen molar-refractivity contribution in [2.75, 3.05) is 17.1 Å². The van der Waals surface area contributed by atoms with Crippen molar-refractivity contribution in [2.24, 2.45) is 0 Å². The molecule has 0 aliphatic heterocycles. The molecular formula is C21H17N3O4S. The summed E-state index contributed by atoms with van der Waals surface area (Å²) in [6.07, 6.45) is 1.66. The van der Waals surface area contributed by atoms with E-state index in [2.05, 4.69) is 26.9 Å². The molecule has 29 heavy (non-hydrogen) atoms. The van der Waals surface area contributed by atoms with E-state index in [1.54, 1.807) is 54.7 Å². The van der Waals surface area contributed by atoms with E-state index in [0.717, 1.165) is 0 Å². The molecule has 0 saturated carbocycles. The minimum atomic E-state index is -2.15. The minimum Gasteiger partial charge on any atom is -0.497 e. The van der Waals surface area contributed by atoms with Crippen LogP contribution in [0.15, 0.2) is 66.9 Å². The van der Waals surface area contributed by atoms with Crippen molar-refractivity contribution < 1.29 is 18.3 Å². The van der Waals surface area contributed by atoms with Crippen LogP contribution in [-0.4, -0.2) is 26.8 Å². The lowest BCUT2D eigenvalue weighted by atomic mass is 10.1. The van der Waals surface area contributed by atoms with Crippen LogP contribution >= 0.6 is 0 Å². The number of methoxy groups -OCH3 is 1. The Morgan fingerprint density at radius 3 is 2.48 bits per heavy atom. The highest BCUT2D eigenvalue weighted by Gasteiger charge is 2.10. The molecule has 3 aromatic rings. The Balaban J connectivity index is 1.79. The van der Waals surface area contributed by atoms with Gasteiger partial charge in [0.15, 0.2) is 0 Å². The highest BCUT2D eigenvalue weighted by Crippen LogP contribution is 2.19. The molecule has 0 fully saturated rings. The van der Waals surface area contributed by atoms with Crippen LogP contribution < -0.4 is 14.8 Å². The Labute approximate surface area is 170 Å². The summed E-state index contributed by atoms with van der Waals surface area (Å²) in [5.41, 5.74) is 2.61. The van der Waals surface area contributed by atoms with Gasteiger partial charge in [-0.15, -0.1) is 0 Å². The number of anilines is 2. The third kappa shape index (κ3) is 5.90. The molecular weight excluding hydrogens is 390 g/mol. The Bertz CT molecular complexity index is 1090. The summed E-state index contributed by atoms with van der Waals surface area (Å²) >= 11 is -2.15. The van der Waals surface area contributed by atoms with E-state index in [4.69, 9.17) is 9.29 Å². The van der Waals surface area contributed by atoms with Gasteiger partial charge in [0.25, 0.3) is 17.2 Å². The number of ether oxygens (including phenoxy) is 1. The summed E-state index contributed by atoms with van der Waals surface area (Å²) in [5, 5.41) is 2.77. The Morgan fingerprint density at radius 2 is 1.83 bits per heavy atom. The second-order valence-corrected chi connectivity index (χ2v) is 6.50. The van der Waals surface area contributed by atoms with Crippen molar-refractivity contribution in [3.05, 3.63) is 83.7 Å². The maximum atomic E-state index is 12.6. The number of nitrogens with zero attached hydrogens (tertiary/aromatic N) is 1. The summed E-state index contributed by atoms with van der Waals surface area (Å²) in [5.74, 6) is 6.11. The predicted octanol–water partition coefficient (Wildman–Crippen LogP) is 3.29. The summed E-state index contributed by atoms with van der Waals surface area (Å²) in [4.78, 5) is 16.8. The second-order valence-electron chi connectivity index (χ2n) is 5.80. The van der Waals surface area contributed by atoms with Gasteiger partial charge in [-0.3, -0.25) is 14.1 Å². The van der Waals surface area contributed by atoms with Crippen LogP contribution in [0.25, 0.3) is 0 Å². The topological polar surface area (TPSA) is 101 Å². The number of rotatable bonds is 5. The molecule has 1 unspecified atom stereocenters. The van der Waals surface area contributed by atoms with Gasteiger partial charge in [0, 0.05) is 28.7 Å². The third-order valence-corrected chi connectivity index (χ3v) is 4.16. The maximum absolute atomic E-state index is 12.6. The molecule has 0 spiro atoms.